The van der Waals surface area contributed by atoms with Gasteiger partial charge in [-0.2, -0.15) is 0 Å². The van der Waals surface area contributed by atoms with E-state index in [-0.39, 0.29) is 6.61 Å². The molecule has 1 rings (SSSR count). The quantitative estimate of drug-likeness (QED) is 0.530. The van der Waals surface area contributed by atoms with Gasteiger partial charge in [-0.05, 0) is 6.42 Å². The summed E-state index contributed by atoms with van der Waals surface area (Å²) < 4.78 is 19.6. The van der Waals surface area contributed by atoms with E-state index in [4.69, 9.17) is 19.3 Å². The van der Waals surface area contributed by atoms with Gasteiger partial charge in [-0.15, -0.1) is 0 Å². The largest absolute Gasteiger partial charge is 0.505 e. The number of rotatable bonds is 5. The fraction of sp³-hybridized carbons (Fsp3) is 0.875. The Hall–Kier alpha value is -0.850. The predicted octanol–water partition coefficient (Wildman–Crippen LogP) is 0.808. The van der Waals surface area contributed by atoms with Crippen LogP contribution in [0.15, 0.2) is 0 Å². The lowest BCUT2D eigenvalue weighted by atomic mass is 10.5. The number of carbonyl (C=O) groups is 1. The molecule has 0 amide bonds. The Morgan fingerprint density at radius 2 is 2.07 bits per heavy atom. The lowest BCUT2D eigenvalue weighted by Gasteiger charge is -2.22. The molecule has 0 radical (unpaired) electrons. The zero-order chi connectivity index (χ0) is 10.2. The molecule has 1 fully saturated rings. The minimum atomic E-state index is -1.27. The van der Waals surface area contributed by atoms with E-state index in [1.165, 1.54) is 0 Å². The van der Waals surface area contributed by atoms with Gasteiger partial charge in [0.2, 0.25) is 0 Å². The number of ether oxygens (including phenoxy) is 4. The van der Waals surface area contributed by atoms with Crippen molar-refractivity contribution in [2.24, 2.45) is 0 Å². The molecule has 1 heterocycles. The first-order chi connectivity index (χ1) is 6.79. The predicted molar refractivity (Wildman–Crippen MR) is 44.9 cm³/mol. The van der Waals surface area contributed by atoms with Crippen LogP contribution in [0.1, 0.15) is 12.8 Å². The minimum Gasteiger partial charge on any atom is -0.450 e. The molecule has 0 aliphatic carbocycles. The van der Waals surface area contributed by atoms with Crippen LogP contribution in [0.25, 0.3) is 0 Å². The topological polar surface area (TPSA) is 74.2 Å². The molecule has 0 bridgehead atoms. The molecule has 6 nitrogen and oxygen atoms in total. The highest BCUT2D eigenvalue weighted by Gasteiger charge is 2.13. The van der Waals surface area contributed by atoms with Gasteiger partial charge in [0, 0.05) is 6.42 Å². The second-order valence-corrected chi connectivity index (χ2v) is 2.72. The summed E-state index contributed by atoms with van der Waals surface area (Å²) in [5.41, 5.74) is 0. The first kappa shape index (κ1) is 11.2. The van der Waals surface area contributed by atoms with Crippen LogP contribution >= 0.6 is 0 Å². The van der Waals surface area contributed by atoms with Gasteiger partial charge in [0.15, 0.2) is 0 Å². The second kappa shape index (κ2) is 6.58. The van der Waals surface area contributed by atoms with Crippen molar-refractivity contribution in [1.82, 2.24) is 0 Å². The third-order valence-electron chi connectivity index (χ3n) is 1.56. The van der Waals surface area contributed by atoms with Crippen LogP contribution in [-0.2, 0) is 18.9 Å². The van der Waals surface area contributed by atoms with Crippen LogP contribution in [0.5, 0.6) is 0 Å². The number of hydrogen-bond acceptors (Lipinski definition) is 5. The Bertz CT molecular complexity index is 165. The minimum absolute atomic E-state index is 0.127. The second-order valence-electron chi connectivity index (χ2n) is 2.72. The van der Waals surface area contributed by atoms with E-state index in [9.17, 15) is 4.79 Å². The molecule has 1 saturated heterocycles. The van der Waals surface area contributed by atoms with Crippen molar-refractivity contribution in [3.63, 3.8) is 0 Å². The maximum atomic E-state index is 9.95. The average molecular weight is 206 g/mol. The molecule has 6 heteroatoms. The van der Waals surface area contributed by atoms with Crippen molar-refractivity contribution in [3.05, 3.63) is 0 Å². The SMILES string of the molecule is O=C(O)OCCCOC1OCCCO1. The molecule has 0 aromatic heterocycles. The Morgan fingerprint density at radius 1 is 1.36 bits per heavy atom. The molecule has 0 aromatic rings. The van der Waals surface area contributed by atoms with E-state index in [2.05, 4.69) is 4.74 Å². The Kier molecular flexibility index (Phi) is 5.28. The van der Waals surface area contributed by atoms with E-state index >= 15 is 0 Å². The summed E-state index contributed by atoms with van der Waals surface area (Å²) in [6.45, 7) is 1.15. The lowest BCUT2D eigenvalue weighted by Crippen LogP contribution is -2.28. The summed E-state index contributed by atoms with van der Waals surface area (Å²) in [5.74, 6) is 0. The number of hydrogen-bond donors (Lipinski definition) is 1. The summed E-state index contributed by atoms with van der Waals surface area (Å²) in [5, 5.41) is 8.15. The van der Waals surface area contributed by atoms with Gasteiger partial charge in [0.1, 0.15) is 0 Å². The Labute approximate surface area is 81.7 Å². The van der Waals surface area contributed by atoms with Crippen molar-refractivity contribution in [3.8, 4) is 0 Å². The normalized spacial score (nSPS) is 18.0. The van der Waals surface area contributed by atoms with Gasteiger partial charge >= 0.3 is 6.16 Å². The van der Waals surface area contributed by atoms with Gasteiger partial charge in [-0.3, -0.25) is 0 Å². The van der Waals surface area contributed by atoms with Gasteiger partial charge in [0.05, 0.1) is 26.4 Å². The highest BCUT2D eigenvalue weighted by Crippen LogP contribution is 2.06. The zero-order valence-corrected chi connectivity index (χ0v) is 7.81. The lowest BCUT2D eigenvalue weighted by molar-refractivity contribution is -0.310. The smallest absolute Gasteiger partial charge is 0.450 e. The van der Waals surface area contributed by atoms with Crippen molar-refractivity contribution in [1.29, 1.82) is 0 Å². The van der Waals surface area contributed by atoms with Gasteiger partial charge < -0.3 is 24.1 Å². The first-order valence-corrected chi connectivity index (χ1v) is 4.49. The standard InChI is InChI=1S/C8H14O6/c9-7(10)11-3-1-4-12-8-13-5-2-6-14-8/h8H,1-6H2,(H,9,10). The molecular formula is C8H14O6. The number of carboxylic acid groups (broad SMARTS) is 1. The van der Waals surface area contributed by atoms with Gasteiger partial charge in [-0.25, -0.2) is 4.79 Å². The monoisotopic (exact) mass is 206 g/mol. The average Bonchev–Trinajstić information content (AvgIpc) is 2.18. The highest BCUT2D eigenvalue weighted by atomic mass is 16.8. The van der Waals surface area contributed by atoms with E-state index in [1.54, 1.807) is 0 Å². The molecule has 1 aliphatic rings. The van der Waals surface area contributed by atoms with Crippen LogP contribution in [0, 0.1) is 0 Å². The maximum absolute atomic E-state index is 9.95. The van der Waals surface area contributed by atoms with Crippen LogP contribution in [0.3, 0.4) is 0 Å². The molecule has 0 atom stereocenters. The zero-order valence-electron chi connectivity index (χ0n) is 7.81. The van der Waals surface area contributed by atoms with Gasteiger partial charge in [0.25, 0.3) is 6.48 Å². The van der Waals surface area contributed by atoms with E-state index in [1.807, 2.05) is 0 Å². The van der Waals surface area contributed by atoms with Crippen LogP contribution in [0.2, 0.25) is 0 Å². The fourth-order valence-corrected chi connectivity index (χ4v) is 0.960. The Balaban J connectivity index is 1.90. The third-order valence-corrected chi connectivity index (χ3v) is 1.56. The maximum Gasteiger partial charge on any atom is 0.505 e. The first-order valence-electron chi connectivity index (χ1n) is 4.49. The van der Waals surface area contributed by atoms with E-state index < -0.39 is 12.6 Å². The van der Waals surface area contributed by atoms with Crippen molar-refractivity contribution in [2.45, 2.75) is 19.3 Å². The summed E-state index contributed by atoms with van der Waals surface area (Å²) in [6, 6.07) is 0. The summed E-state index contributed by atoms with van der Waals surface area (Å²) in [4.78, 5) is 9.95. The summed E-state index contributed by atoms with van der Waals surface area (Å²) >= 11 is 0. The van der Waals surface area contributed by atoms with Crippen molar-refractivity contribution >= 4 is 6.16 Å². The molecule has 82 valence electrons. The van der Waals surface area contributed by atoms with Crippen molar-refractivity contribution in [2.75, 3.05) is 26.4 Å². The molecule has 14 heavy (non-hydrogen) atoms. The molecular weight excluding hydrogens is 192 g/mol. The molecule has 0 unspecified atom stereocenters. The van der Waals surface area contributed by atoms with Crippen LogP contribution in [0.4, 0.5) is 4.79 Å². The molecule has 1 aliphatic heterocycles. The van der Waals surface area contributed by atoms with Crippen LogP contribution < -0.4 is 0 Å². The molecule has 1 N–H and O–H groups in total. The molecule has 0 saturated carbocycles. The van der Waals surface area contributed by atoms with Crippen molar-refractivity contribution < 1.29 is 28.8 Å². The fourth-order valence-electron chi connectivity index (χ4n) is 0.960. The van der Waals surface area contributed by atoms with E-state index in [0.717, 1.165) is 6.42 Å². The molecule has 0 aromatic carbocycles. The molecule has 0 spiro atoms. The highest BCUT2D eigenvalue weighted by molar-refractivity contribution is 5.56. The Morgan fingerprint density at radius 3 is 2.71 bits per heavy atom. The third kappa shape index (κ3) is 5.00. The summed E-state index contributed by atoms with van der Waals surface area (Å²) in [6.07, 6.45) is 0.104. The summed E-state index contributed by atoms with van der Waals surface area (Å²) in [7, 11) is 0. The van der Waals surface area contributed by atoms with Crippen LogP contribution in [-0.4, -0.2) is 44.2 Å². The van der Waals surface area contributed by atoms with E-state index in [0.29, 0.717) is 26.2 Å². The van der Waals surface area contributed by atoms with Gasteiger partial charge in [-0.1, -0.05) is 0 Å².